The smallest absolute Gasteiger partial charge is 0.449 e. The summed E-state index contributed by atoms with van der Waals surface area (Å²) in [4.78, 5) is 31.3. The van der Waals surface area contributed by atoms with E-state index in [1.54, 1.807) is 16.8 Å². The van der Waals surface area contributed by atoms with Crippen molar-refractivity contribution in [3.63, 3.8) is 0 Å². The van der Waals surface area contributed by atoms with Crippen LogP contribution in [0.2, 0.25) is 0 Å². The van der Waals surface area contributed by atoms with Crippen LogP contribution in [-0.4, -0.2) is 42.3 Å². The van der Waals surface area contributed by atoms with E-state index in [2.05, 4.69) is 11.1 Å². The molecule has 170 valence electrons. The van der Waals surface area contributed by atoms with Gasteiger partial charge in [-0.1, -0.05) is 6.08 Å². The number of hydrogen-bond donors (Lipinski definition) is 2. The van der Waals surface area contributed by atoms with E-state index in [9.17, 15) is 9.59 Å². The van der Waals surface area contributed by atoms with Gasteiger partial charge in [-0.25, -0.2) is 9.18 Å². The molecule has 33 heavy (non-hydrogen) atoms. The third kappa shape index (κ3) is 2.67. The molecule has 1 fully saturated rings. The molecule has 0 spiro atoms. The Morgan fingerprint density at radius 3 is 3.00 bits per heavy atom. The van der Waals surface area contributed by atoms with Crippen molar-refractivity contribution < 1.29 is 19.0 Å². The van der Waals surface area contributed by atoms with Crippen LogP contribution in [0.3, 0.4) is 0 Å². The van der Waals surface area contributed by atoms with Crippen LogP contribution in [0.4, 0.5) is 14.9 Å². The lowest BCUT2D eigenvalue weighted by Gasteiger charge is -2.26. The number of benzene rings is 1. The van der Waals surface area contributed by atoms with Gasteiger partial charge in [0.1, 0.15) is 10.6 Å². The van der Waals surface area contributed by atoms with E-state index < -0.39 is 17.4 Å². The van der Waals surface area contributed by atoms with E-state index >= 15 is 4.39 Å². The Labute approximate surface area is 190 Å². The first kappa shape index (κ1) is 20.4. The molecule has 1 aliphatic carbocycles. The van der Waals surface area contributed by atoms with Crippen LogP contribution >= 0.6 is 11.3 Å². The van der Waals surface area contributed by atoms with Gasteiger partial charge < -0.3 is 20.5 Å². The fourth-order valence-electron chi connectivity index (χ4n) is 5.75. The van der Waals surface area contributed by atoms with Crippen molar-refractivity contribution in [2.24, 2.45) is 22.6 Å². The van der Waals surface area contributed by atoms with Crippen molar-refractivity contribution in [1.29, 1.82) is 0 Å². The van der Waals surface area contributed by atoms with Crippen LogP contribution in [0.25, 0.3) is 26.6 Å². The van der Waals surface area contributed by atoms with Crippen LogP contribution in [0.1, 0.15) is 12.8 Å². The minimum Gasteiger partial charge on any atom is -0.449 e. The highest BCUT2D eigenvalue weighted by Crippen LogP contribution is 2.42. The van der Waals surface area contributed by atoms with Gasteiger partial charge in [-0.05, 0) is 36.9 Å². The van der Waals surface area contributed by atoms with Crippen molar-refractivity contribution in [1.82, 2.24) is 4.40 Å². The molecular weight excluding hydrogens is 447 g/mol. The number of rotatable bonds is 3. The van der Waals surface area contributed by atoms with Gasteiger partial charge in [-0.3, -0.25) is 14.2 Å². The predicted molar refractivity (Wildman–Crippen MR) is 125 cm³/mol. The Balaban J connectivity index is 1.66. The molecule has 2 unspecified atom stereocenters. The van der Waals surface area contributed by atoms with E-state index in [1.807, 2.05) is 4.90 Å². The number of nitrogens with two attached hydrogens (primary N) is 1. The largest absolute Gasteiger partial charge is 0.511 e. The lowest BCUT2D eigenvalue weighted by Crippen LogP contribution is -2.29. The summed E-state index contributed by atoms with van der Waals surface area (Å²) >= 11 is 1.20. The maximum absolute atomic E-state index is 15.8. The second-order valence-corrected chi connectivity index (χ2v) is 9.54. The maximum Gasteiger partial charge on any atom is 0.511 e. The van der Waals surface area contributed by atoms with Crippen LogP contribution in [0.5, 0.6) is 5.75 Å². The number of thiazole rings is 1. The molecule has 4 aromatic rings. The molecule has 0 saturated carbocycles. The van der Waals surface area contributed by atoms with Gasteiger partial charge in [-0.15, -0.1) is 11.3 Å². The molecule has 1 aromatic carbocycles. The summed E-state index contributed by atoms with van der Waals surface area (Å²) in [7, 11) is 1.63. The summed E-state index contributed by atoms with van der Waals surface area (Å²) < 4.78 is 22.4. The molecule has 1 saturated heterocycles. The molecular formula is C23H21FN4O4S. The summed E-state index contributed by atoms with van der Waals surface area (Å²) in [6.07, 6.45) is 2.67. The average Bonchev–Trinajstić information content (AvgIpc) is 3.48. The molecule has 2 atom stereocenters. The van der Waals surface area contributed by atoms with E-state index in [1.165, 1.54) is 23.0 Å². The molecule has 0 amide bonds. The minimum absolute atomic E-state index is 0.0777. The monoisotopic (exact) mass is 468 g/mol. The molecule has 3 N–H and O–H groups in total. The average molecular weight is 469 g/mol. The standard InChI is InChI=1S/C23H21FN4O4S/c1-26-17-15-9-33-22-21(32-23(30)31)20(29)12-5-14(24)19(16(17)18(12)28(15)22)27-7-11-4-2-3-10(6-25)13(11)8-27/h4-5,9-10,13H,2-3,6-8,25H2,1H3,(H,30,31). The first-order valence-corrected chi connectivity index (χ1v) is 11.7. The number of carboxylic acid groups (broad SMARTS) is 1. The number of fused-ring (bicyclic) bond motifs is 1. The molecule has 3 aromatic heterocycles. The van der Waals surface area contributed by atoms with Crippen LogP contribution in [0.15, 0.2) is 32.9 Å². The van der Waals surface area contributed by atoms with Crippen molar-refractivity contribution in [2.45, 2.75) is 12.8 Å². The Kier molecular flexibility index (Phi) is 4.40. The predicted octanol–water partition coefficient (Wildman–Crippen LogP) is 3.00. The Morgan fingerprint density at radius 1 is 1.45 bits per heavy atom. The molecule has 0 bridgehead atoms. The summed E-state index contributed by atoms with van der Waals surface area (Å²) in [5.74, 6) is -0.186. The van der Waals surface area contributed by atoms with Gasteiger partial charge in [0.25, 0.3) is 0 Å². The number of anilines is 1. The zero-order valence-electron chi connectivity index (χ0n) is 17.8. The van der Waals surface area contributed by atoms with E-state index in [0.717, 1.165) is 12.8 Å². The number of hydrogen-bond acceptors (Lipinski definition) is 7. The van der Waals surface area contributed by atoms with Crippen LogP contribution < -0.4 is 26.2 Å². The van der Waals surface area contributed by atoms with Crippen LogP contribution in [-0.2, 0) is 0 Å². The Hall–Kier alpha value is -3.24. The number of carbonyl (C=O) groups is 1. The van der Waals surface area contributed by atoms with Gasteiger partial charge in [0.15, 0.2) is 0 Å². The van der Waals surface area contributed by atoms with Crippen molar-refractivity contribution in [3.05, 3.63) is 44.5 Å². The van der Waals surface area contributed by atoms with Gasteiger partial charge in [0, 0.05) is 31.4 Å². The Bertz CT molecular complexity index is 1590. The topological polar surface area (TPSA) is 110 Å². The SMILES string of the molecule is CN=c1c2c(N3CC4=CCCC(CN)C4C3)c(F)cc3c(=O)c(OC(=O)O)c4scc1n4c32. The highest BCUT2D eigenvalue weighted by atomic mass is 32.1. The second kappa shape index (κ2) is 7.13. The fraction of sp³-hybridized carbons (Fsp3) is 0.348. The minimum atomic E-state index is -1.59. The zero-order valence-corrected chi connectivity index (χ0v) is 18.6. The van der Waals surface area contributed by atoms with Crippen molar-refractivity contribution in [3.8, 4) is 5.75 Å². The van der Waals surface area contributed by atoms with E-state index in [0.29, 0.717) is 57.8 Å². The molecule has 1 aliphatic heterocycles. The highest BCUT2D eigenvalue weighted by Gasteiger charge is 2.37. The second-order valence-electron chi connectivity index (χ2n) is 8.68. The first-order valence-electron chi connectivity index (χ1n) is 10.8. The maximum atomic E-state index is 15.8. The van der Waals surface area contributed by atoms with Crippen molar-refractivity contribution >= 4 is 49.8 Å². The van der Waals surface area contributed by atoms with Crippen LogP contribution in [0, 0.1) is 17.7 Å². The quantitative estimate of drug-likeness (QED) is 0.353. The van der Waals surface area contributed by atoms with Gasteiger partial charge in [0.05, 0.1) is 32.9 Å². The lowest BCUT2D eigenvalue weighted by molar-refractivity contribution is 0.144. The number of nitrogens with zero attached hydrogens (tertiary/aromatic N) is 3. The molecule has 0 radical (unpaired) electrons. The molecule has 10 heteroatoms. The molecule has 8 nitrogen and oxygen atoms in total. The van der Waals surface area contributed by atoms with E-state index in [-0.39, 0.29) is 17.1 Å². The number of allylic oxidation sites excluding steroid dienone is 1. The fourth-order valence-corrected chi connectivity index (χ4v) is 6.72. The number of pyridine rings is 1. The number of halogens is 1. The summed E-state index contributed by atoms with van der Waals surface area (Å²) in [6.45, 7) is 1.87. The first-order chi connectivity index (χ1) is 15.9. The third-order valence-electron chi connectivity index (χ3n) is 7.11. The van der Waals surface area contributed by atoms with Gasteiger partial charge in [-0.2, -0.15) is 0 Å². The Morgan fingerprint density at radius 2 is 2.27 bits per heavy atom. The number of ether oxygens (including phenoxy) is 1. The highest BCUT2D eigenvalue weighted by molar-refractivity contribution is 7.16. The van der Waals surface area contributed by atoms with E-state index in [4.69, 9.17) is 15.6 Å². The molecule has 6 rings (SSSR count). The zero-order chi connectivity index (χ0) is 23.0. The summed E-state index contributed by atoms with van der Waals surface area (Å²) in [5.41, 5.74) is 8.32. The molecule has 4 heterocycles. The normalized spacial score (nSPS) is 21.5. The van der Waals surface area contributed by atoms with Gasteiger partial charge in [0.2, 0.25) is 11.2 Å². The summed E-state index contributed by atoms with van der Waals surface area (Å²) in [6, 6.07) is 1.20. The van der Waals surface area contributed by atoms with Crippen molar-refractivity contribution in [2.75, 3.05) is 31.6 Å². The molecule has 2 aliphatic rings. The number of aromatic nitrogens is 1. The van der Waals surface area contributed by atoms with Gasteiger partial charge >= 0.3 is 6.16 Å². The summed E-state index contributed by atoms with van der Waals surface area (Å²) in [5, 5.41) is 12.2. The lowest BCUT2D eigenvalue weighted by atomic mass is 9.80. The third-order valence-corrected chi connectivity index (χ3v) is 8.04.